The minimum Gasteiger partial charge on any atom is -0.298 e. The van der Waals surface area contributed by atoms with Gasteiger partial charge in [0.2, 0.25) is 0 Å². The van der Waals surface area contributed by atoms with Crippen LogP contribution in [0.5, 0.6) is 0 Å². The number of hydrogen-bond donors (Lipinski definition) is 0. The first kappa shape index (κ1) is 16.7. The molecule has 0 heterocycles. The van der Waals surface area contributed by atoms with E-state index >= 15 is 0 Å². The van der Waals surface area contributed by atoms with Gasteiger partial charge in [-0.05, 0) is 30.0 Å². The number of carbonyl (C=O) groups excluding carboxylic acids is 3. The maximum atomic E-state index is 12.2. The van der Waals surface area contributed by atoms with Gasteiger partial charge in [0.25, 0.3) is 0 Å². The molecule has 0 saturated heterocycles. The van der Waals surface area contributed by atoms with Gasteiger partial charge in [-0.25, -0.2) is 0 Å². The zero-order valence-corrected chi connectivity index (χ0v) is 13.7. The summed E-state index contributed by atoms with van der Waals surface area (Å²) in [5.41, 5.74) is 0.886. The number of ketones is 3. The molecule has 1 fully saturated rings. The number of Topliss-reactive ketones (excluding diaryl/α,β-unsaturated/α-hetero) is 3. The fraction of sp³-hybridized carbons (Fsp3) is 0.471. The number of benzene rings is 1. The maximum absolute atomic E-state index is 12.2. The van der Waals surface area contributed by atoms with Crippen molar-refractivity contribution < 1.29 is 18.6 Å². The molecule has 4 nitrogen and oxygen atoms in total. The second kappa shape index (κ2) is 7.09. The van der Waals surface area contributed by atoms with E-state index in [2.05, 4.69) is 0 Å². The van der Waals surface area contributed by atoms with Crippen molar-refractivity contribution in [1.82, 2.24) is 0 Å². The lowest BCUT2D eigenvalue weighted by molar-refractivity contribution is -0.142. The molecule has 5 heteroatoms. The molecule has 1 aliphatic carbocycles. The Morgan fingerprint density at radius 3 is 2.14 bits per heavy atom. The lowest BCUT2D eigenvalue weighted by Gasteiger charge is -2.26. The smallest absolute Gasteiger partial charge is 0.151 e. The number of carbonyl (C=O) groups is 3. The van der Waals surface area contributed by atoms with E-state index in [-0.39, 0.29) is 42.5 Å². The Balaban J connectivity index is 2.14. The number of hydrogen-bond acceptors (Lipinski definition) is 4. The Hall–Kier alpha value is -1.62. The predicted molar refractivity (Wildman–Crippen MR) is 84.2 cm³/mol. The van der Waals surface area contributed by atoms with Gasteiger partial charge in [-0.3, -0.25) is 18.6 Å². The van der Waals surface area contributed by atoms with Crippen molar-refractivity contribution >= 4 is 28.1 Å². The van der Waals surface area contributed by atoms with Gasteiger partial charge in [0.1, 0.15) is 5.92 Å². The second-order valence-corrected chi connectivity index (χ2v) is 7.09. The number of rotatable bonds is 5. The van der Waals surface area contributed by atoms with Gasteiger partial charge in [-0.2, -0.15) is 0 Å². The quantitative estimate of drug-likeness (QED) is 0.781. The van der Waals surface area contributed by atoms with Crippen LogP contribution in [-0.4, -0.2) is 27.8 Å². The lowest BCUT2D eigenvalue weighted by Crippen LogP contribution is -2.38. The average molecular weight is 320 g/mol. The molecule has 1 aromatic rings. The van der Waals surface area contributed by atoms with Crippen LogP contribution in [0.25, 0.3) is 0 Å². The van der Waals surface area contributed by atoms with Gasteiger partial charge in [0, 0.05) is 41.2 Å². The molecule has 22 heavy (non-hydrogen) atoms. The third-order valence-corrected chi connectivity index (χ3v) is 4.98. The normalized spacial score (nSPS) is 23.4. The zero-order chi connectivity index (χ0) is 16.3. The molecule has 0 radical (unpaired) electrons. The van der Waals surface area contributed by atoms with Gasteiger partial charge in [-0.1, -0.05) is 19.1 Å². The van der Waals surface area contributed by atoms with Crippen molar-refractivity contribution in [1.29, 1.82) is 0 Å². The highest BCUT2D eigenvalue weighted by atomic mass is 32.2. The first-order valence-electron chi connectivity index (χ1n) is 7.45. The molecule has 118 valence electrons. The molecule has 0 aliphatic heterocycles. The summed E-state index contributed by atoms with van der Waals surface area (Å²) in [7, 11) is -1.05. The summed E-state index contributed by atoms with van der Waals surface area (Å²) >= 11 is 0. The minimum absolute atomic E-state index is 0.176. The van der Waals surface area contributed by atoms with Crippen LogP contribution in [0.1, 0.15) is 44.1 Å². The van der Waals surface area contributed by atoms with E-state index < -0.39 is 16.7 Å². The Kier molecular flexibility index (Phi) is 5.40. The molecular weight excluding hydrogens is 300 g/mol. The van der Waals surface area contributed by atoms with Crippen molar-refractivity contribution in [3.8, 4) is 0 Å². The van der Waals surface area contributed by atoms with E-state index in [0.717, 1.165) is 5.56 Å². The van der Waals surface area contributed by atoms with E-state index in [4.69, 9.17) is 0 Å². The zero-order valence-electron chi connectivity index (χ0n) is 12.8. The van der Waals surface area contributed by atoms with E-state index in [1.807, 2.05) is 19.1 Å². The van der Waals surface area contributed by atoms with Crippen LogP contribution in [0.2, 0.25) is 0 Å². The van der Waals surface area contributed by atoms with Gasteiger partial charge < -0.3 is 0 Å². The fourth-order valence-electron chi connectivity index (χ4n) is 2.89. The Morgan fingerprint density at radius 1 is 1.14 bits per heavy atom. The van der Waals surface area contributed by atoms with E-state index in [0.29, 0.717) is 11.3 Å². The fourth-order valence-corrected chi connectivity index (χ4v) is 3.41. The standard InChI is InChI=1S/C17H20O4S/c1-3-4-14(18)17-15(19)9-12(10-16(17)20)11-5-7-13(8-6-11)22(2)21/h5-8,12,17H,3-4,9-10H2,1-2H3. The van der Waals surface area contributed by atoms with Crippen molar-refractivity contribution in [3.63, 3.8) is 0 Å². The molecule has 0 aromatic heterocycles. The molecule has 1 atom stereocenters. The van der Waals surface area contributed by atoms with Crippen molar-refractivity contribution in [3.05, 3.63) is 29.8 Å². The molecule has 0 N–H and O–H groups in total. The second-order valence-electron chi connectivity index (χ2n) is 5.71. The Morgan fingerprint density at radius 2 is 1.68 bits per heavy atom. The lowest BCUT2D eigenvalue weighted by atomic mass is 9.75. The summed E-state index contributed by atoms with van der Waals surface area (Å²) in [5.74, 6) is -1.98. The Labute approximate surface area is 132 Å². The summed E-state index contributed by atoms with van der Waals surface area (Å²) < 4.78 is 11.4. The van der Waals surface area contributed by atoms with Crippen molar-refractivity contribution in [2.75, 3.05) is 6.26 Å². The average Bonchev–Trinajstić information content (AvgIpc) is 2.46. The Bertz CT molecular complexity index is 600. The minimum atomic E-state index is -1.05. The summed E-state index contributed by atoms with van der Waals surface area (Å²) in [6.07, 6.45) is 2.98. The molecular formula is C17H20O4S. The van der Waals surface area contributed by atoms with Gasteiger partial charge >= 0.3 is 0 Å². The summed E-state index contributed by atoms with van der Waals surface area (Å²) in [4.78, 5) is 37.0. The summed E-state index contributed by atoms with van der Waals surface area (Å²) in [5, 5.41) is 0. The molecule has 1 saturated carbocycles. The van der Waals surface area contributed by atoms with E-state index in [1.54, 1.807) is 18.4 Å². The third kappa shape index (κ3) is 3.58. The molecule has 1 aliphatic rings. The van der Waals surface area contributed by atoms with Crippen LogP contribution in [0.4, 0.5) is 0 Å². The summed E-state index contributed by atoms with van der Waals surface area (Å²) in [6, 6.07) is 7.15. The van der Waals surface area contributed by atoms with Crippen LogP contribution in [0.15, 0.2) is 29.2 Å². The van der Waals surface area contributed by atoms with Crippen molar-refractivity contribution in [2.45, 2.75) is 43.4 Å². The van der Waals surface area contributed by atoms with Crippen LogP contribution >= 0.6 is 0 Å². The van der Waals surface area contributed by atoms with Crippen LogP contribution in [0.3, 0.4) is 0 Å². The van der Waals surface area contributed by atoms with Gasteiger partial charge in [0.15, 0.2) is 17.3 Å². The molecule has 1 unspecified atom stereocenters. The van der Waals surface area contributed by atoms with Crippen LogP contribution < -0.4 is 0 Å². The maximum Gasteiger partial charge on any atom is 0.151 e. The largest absolute Gasteiger partial charge is 0.298 e. The van der Waals surface area contributed by atoms with Crippen LogP contribution in [-0.2, 0) is 25.2 Å². The van der Waals surface area contributed by atoms with E-state index in [1.165, 1.54) is 0 Å². The third-order valence-electron chi connectivity index (χ3n) is 4.04. The molecule has 0 amide bonds. The molecule has 0 spiro atoms. The highest BCUT2D eigenvalue weighted by Crippen LogP contribution is 2.33. The topological polar surface area (TPSA) is 68.3 Å². The van der Waals surface area contributed by atoms with Gasteiger partial charge in [0.05, 0.1) is 0 Å². The first-order chi connectivity index (χ1) is 10.4. The summed E-state index contributed by atoms with van der Waals surface area (Å²) in [6.45, 7) is 1.86. The first-order valence-corrected chi connectivity index (χ1v) is 9.01. The highest BCUT2D eigenvalue weighted by Gasteiger charge is 2.39. The molecule has 2 rings (SSSR count). The van der Waals surface area contributed by atoms with Crippen LogP contribution in [0, 0.1) is 5.92 Å². The SMILES string of the molecule is CCCC(=O)C1C(=O)CC(c2ccc(S(C)=O)cc2)CC1=O. The van der Waals surface area contributed by atoms with E-state index in [9.17, 15) is 18.6 Å². The molecule has 1 aromatic carbocycles. The van der Waals surface area contributed by atoms with Crippen molar-refractivity contribution in [2.24, 2.45) is 5.92 Å². The molecule has 0 bridgehead atoms. The monoisotopic (exact) mass is 320 g/mol. The predicted octanol–water partition coefficient (Wildman–Crippen LogP) is 2.43. The highest BCUT2D eigenvalue weighted by molar-refractivity contribution is 7.84. The van der Waals surface area contributed by atoms with Gasteiger partial charge in [-0.15, -0.1) is 0 Å².